The smallest absolute Gasteiger partial charge is 0.0392 e. The summed E-state index contributed by atoms with van der Waals surface area (Å²) in [4.78, 5) is 2.34. The van der Waals surface area contributed by atoms with Crippen LogP contribution in [0.25, 0.3) is 6.08 Å². The van der Waals surface area contributed by atoms with Crippen molar-refractivity contribution in [2.75, 3.05) is 26.2 Å². The number of benzene rings is 1. The van der Waals surface area contributed by atoms with Crippen LogP contribution < -0.4 is 5.32 Å². The molecule has 0 unspecified atom stereocenters. The molecule has 1 radical (unpaired) electrons. The highest BCUT2D eigenvalue weighted by Crippen LogP contribution is 2.02. The molecule has 2 nitrogen and oxygen atoms in total. The maximum atomic E-state index is 3.30. The van der Waals surface area contributed by atoms with Crippen molar-refractivity contribution in [2.24, 2.45) is 0 Å². The third-order valence-electron chi connectivity index (χ3n) is 2.52. The molecule has 1 saturated heterocycles. The largest absolute Gasteiger partial charge is 0.314 e. The zero-order valence-electron chi connectivity index (χ0n) is 8.89. The Morgan fingerprint density at radius 2 is 2.13 bits per heavy atom. The normalized spacial score (nSPS) is 18.4. The molecule has 79 valence electrons. The monoisotopic (exact) mass is 201 g/mol. The van der Waals surface area contributed by atoms with Gasteiger partial charge in [-0.05, 0) is 5.56 Å². The van der Waals surface area contributed by atoms with Crippen LogP contribution in [0.4, 0.5) is 0 Å². The summed E-state index contributed by atoms with van der Waals surface area (Å²) in [5.74, 6) is 0. The summed E-state index contributed by atoms with van der Waals surface area (Å²) in [6, 6.07) is 10.4. The minimum atomic E-state index is 0.999. The highest BCUT2D eigenvalue weighted by molar-refractivity contribution is 5.48. The first kappa shape index (κ1) is 10.4. The third kappa shape index (κ3) is 3.50. The van der Waals surface area contributed by atoms with Crippen molar-refractivity contribution in [1.82, 2.24) is 10.2 Å². The van der Waals surface area contributed by atoms with Crippen LogP contribution in [0.1, 0.15) is 5.56 Å². The van der Waals surface area contributed by atoms with Gasteiger partial charge in [-0.2, -0.15) is 0 Å². The molecule has 0 spiro atoms. The molecule has 0 atom stereocenters. The Hall–Kier alpha value is -1.12. The highest BCUT2D eigenvalue weighted by Gasteiger charge is 2.06. The molecule has 1 aliphatic heterocycles. The molecular formula is C13H17N2. The van der Waals surface area contributed by atoms with Gasteiger partial charge in [0.1, 0.15) is 0 Å². The summed E-state index contributed by atoms with van der Waals surface area (Å²) in [6.07, 6.45) is 4.40. The number of rotatable bonds is 3. The third-order valence-corrected chi connectivity index (χ3v) is 2.52. The van der Waals surface area contributed by atoms with E-state index in [0.717, 1.165) is 26.2 Å². The number of nitrogens with zero attached hydrogens (tertiary/aromatic N) is 1. The summed E-state index contributed by atoms with van der Waals surface area (Å²) >= 11 is 0. The second-order valence-corrected chi connectivity index (χ2v) is 3.69. The van der Waals surface area contributed by atoms with Crippen molar-refractivity contribution in [3.63, 3.8) is 0 Å². The first-order valence-corrected chi connectivity index (χ1v) is 5.45. The average molecular weight is 201 g/mol. The molecule has 1 fully saturated rings. The van der Waals surface area contributed by atoms with Crippen LogP contribution in [-0.2, 0) is 0 Å². The van der Waals surface area contributed by atoms with Gasteiger partial charge >= 0.3 is 0 Å². The zero-order chi connectivity index (χ0) is 10.3. The van der Waals surface area contributed by atoms with E-state index in [4.69, 9.17) is 0 Å². The van der Waals surface area contributed by atoms with E-state index in [0.29, 0.717) is 0 Å². The summed E-state index contributed by atoms with van der Waals surface area (Å²) in [6.45, 7) is 6.43. The van der Waals surface area contributed by atoms with Crippen LogP contribution in [-0.4, -0.2) is 31.1 Å². The fraction of sp³-hybridized carbons (Fsp3) is 0.308. The maximum Gasteiger partial charge on any atom is 0.0392 e. The molecule has 0 aromatic heterocycles. The van der Waals surface area contributed by atoms with Gasteiger partial charge in [0.2, 0.25) is 0 Å². The quantitative estimate of drug-likeness (QED) is 0.801. The second kappa shape index (κ2) is 5.69. The molecule has 0 aliphatic carbocycles. The predicted molar refractivity (Wildman–Crippen MR) is 64.2 cm³/mol. The zero-order valence-corrected chi connectivity index (χ0v) is 8.89. The number of hydrogen-bond acceptors (Lipinski definition) is 2. The van der Waals surface area contributed by atoms with Gasteiger partial charge in [-0.1, -0.05) is 42.5 Å². The highest BCUT2D eigenvalue weighted by atomic mass is 15.2. The number of hydrogen-bond donors (Lipinski definition) is 1. The van der Waals surface area contributed by atoms with Crippen molar-refractivity contribution in [2.45, 2.75) is 0 Å². The Bertz CT molecular complexity index is 300. The van der Waals surface area contributed by atoms with E-state index in [1.165, 1.54) is 5.56 Å². The van der Waals surface area contributed by atoms with Gasteiger partial charge in [0.25, 0.3) is 0 Å². The van der Waals surface area contributed by atoms with E-state index in [2.05, 4.69) is 53.2 Å². The molecule has 0 saturated carbocycles. The molecule has 2 heteroatoms. The minimum Gasteiger partial charge on any atom is -0.314 e. The molecule has 1 aromatic carbocycles. The van der Waals surface area contributed by atoms with Crippen LogP contribution in [0.15, 0.2) is 36.4 Å². The number of nitrogens with one attached hydrogen (secondary N) is 1. The van der Waals surface area contributed by atoms with E-state index in [-0.39, 0.29) is 0 Å². The average Bonchev–Trinajstić information content (AvgIpc) is 2.32. The Labute approximate surface area is 91.6 Å². The van der Waals surface area contributed by atoms with Crippen molar-refractivity contribution in [3.8, 4) is 0 Å². The summed E-state index contributed by atoms with van der Waals surface area (Å²) in [5, 5.41) is 3.30. The van der Waals surface area contributed by atoms with Crippen molar-refractivity contribution < 1.29 is 0 Å². The maximum absolute atomic E-state index is 3.30. The second-order valence-electron chi connectivity index (χ2n) is 3.69. The van der Waals surface area contributed by atoms with Gasteiger partial charge in [-0.25, -0.2) is 0 Å². The van der Waals surface area contributed by atoms with Crippen molar-refractivity contribution >= 4 is 6.08 Å². The van der Waals surface area contributed by atoms with E-state index in [1.807, 2.05) is 6.07 Å². The van der Waals surface area contributed by atoms with Gasteiger partial charge in [0, 0.05) is 32.7 Å². The van der Waals surface area contributed by atoms with Crippen LogP contribution in [0.3, 0.4) is 0 Å². The lowest BCUT2D eigenvalue weighted by atomic mass is 10.2. The van der Waals surface area contributed by atoms with Gasteiger partial charge in [-0.3, -0.25) is 4.90 Å². The SMILES string of the molecule is [CH]1CNCCN1C/C=C/c1ccccc1. The lowest BCUT2D eigenvalue weighted by molar-refractivity contribution is 0.320. The molecule has 1 aliphatic rings. The summed E-state index contributed by atoms with van der Waals surface area (Å²) in [7, 11) is 0. The topological polar surface area (TPSA) is 15.3 Å². The van der Waals surface area contributed by atoms with E-state index in [1.54, 1.807) is 0 Å². The fourth-order valence-electron chi connectivity index (χ4n) is 1.66. The molecular weight excluding hydrogens is 184 g/mol. The Kier molecular flexibility index (Phi) is 3.94. The molecule has 0 amide bonds. The molecule has 1 heterocycles. The predicted octanol–water partition coefficient (Wildman–Crippen LogP) is 1.77. The van der Waals surface area contributed by atoms with Gasteiger partial charge < -0.3 is 5.32 Å². The molecule has 2 rings (SSSR count). The van der Waals surface area contributed by atoms with E-state index >= 15 is 0 Å². The number of piperazine rings is 1. The first-order chi connectivity index (χ1) is 7.45. The summed E-state index contributed by atoms with van der Waals surface area (Å²) < 4.78 is 0. The van der Waals surface area contributed by atoms with Crippen LogP contribution in [0.5, 0.6) is 0 Å². The Balaban J connectivity index is 1.79. The van der Waals surface area contributed by atoms with Crippen LogP contribution in [0.2, 0.25) is 0 Å². The van der Waals surface area contributed by atoms with Crippen molar-refractivity contribution in [3.05, 3.63) is 48.5 Å². The van der Waals surface area contributed by atoms with Crippen LogP contribution >= 0.6 is 0 Å². The summed E-state index contributed by atoms with van der Waals surface area (Å²) in [5.41, 5.74) is 1.27. The van der Waals surface area contributed by atoms with Gasteiger partial charge in [0.15, 0.2) is 0 Å². The first-order valence-electron chi connectivity index (χ1n) is 5.45. The van der Waals surface area contributed by atoms with Crippen molar-refractivity contribution in [1.29, 1.82) is 0 Å². The lowest BCUT2D eigenvalue weighted by Gasteiger charge is -2.25. The van der Waals surface area contributed by atoms with E-state index < -0.39 is 0 Å². The molecule has 1 N–H and O–H groups in total. The van der Waals surface area contributed by atoms with Gasteiger partial charge in [0.05, 0.1) is 0 Å². The van der Waals surface area contributed by atoms with Gasteiger partial charge in [-0.15, -0.1) is 0 Å². The lowest BCUT2D eigenvalue weighted by Crippen LogP contribution is -2.39. The Morgan fingerprint density at radius 3 is 2.87 bits per heavy atom. The Morgan fingerprint density at radius 1 is 1.27 bits per heavy atom. The molecule has 1 aromatic rings. The minimum absolute atomic E-state index is 0.999. The fourth-order valence-corrected chi connectivity index (χ4v) is 1.66. The standard InChI is InChI=1S/C13H17N2/c1-2-5-13(6-3-1)7-4-10-15-11-8-14-9-12-15/h1-7,11,14H,8-10,12H2/b7-4+. The van der Waals surface area contributed by atoms with Crippen LogP contribution in [0, 0.1) is 6.54 Å². The molecule has 0 bridgehead atoms. The molecule has 15 heavy (non-hydrogen) atoms. The van der Waals surface area contributed by atoms with E-state index in [9.17, 15) is 0 Å².